The summed E-state index contributed by atoms with van der Waals surface area (Å²) >= 11 is 14.0. The molecule has 2 aromatic rings. The van der Waals surface area contributed by atoms with Crippen molar-refractivity contribution >= 4 is 41.3 Å². The topological polar surface area (TPSA) is 47.9 Å². The molecule has 0 aliphatic carbocycles. The first-order chi connectivity index (χ1) is 13.4. The summed E-state index contributed by atoms with van der Waals surface area (Å²) in [6.45, 7) is 0. The van der Waals surface area contributed by atoms with Crippen LogP contribution in [0.25, 0.3) is 0 Å². The van der Waals surface area contributed by atoms with E-state index >= 15 is 0 Å². The van der Waals surface area contributed by atoms with Gasteiger partial charge in [0.15, 0.2) is 6.23 Å². The Morgan fingerprint density at radius 3 is 2.64 bits per heavy atom. The van der Waals surface area contributed by atoms with Crippen LogP contribution in [0.1, 0.15) is 5.56 Å². The van der Waals surface area contributed by atoms with E-state index in [4.69, 9.17) is 23.2 Å². The number of hydrogen-bond acceptors (Lipinski definition) is 5. The normalized spacial score (nSPS) is 23.5. The summed E-state index contributed by atoms with van der Waals surface area (Å²) in [5.41, 5.74) is 4.40. The van der Waals surface area contributed by atoms with E-state index in [9.17, 15) is 13.9 Å². The fourth-order valence-electron chi connectivity index (χ4n) is 2.96. The highest BCUT2D eigenvalue weighted by Gasteiger charge is 2.40. The first-order valence-electron chi connectivity index (χ1n) is 8.16. The molecule has 0 saturated heterocycles. The lowest BCUT2D eigenvalue weighted by molar-refractivity contribution is 0.215. The zero-order valence-electron chi connectivity index (χ0n) is 14.1. The van der Waals surface area contributed by atoms with Gasteiger partial charge in [-0.25, -0.2) is 19.2 Å². The van der Waals surface area contributed by atoms with Gasteiger partial charge in [0.05, 0.1) is 5.70 Å². The molecule has 4 nitrogen and oxygen atoms in total. The molecule has 28 heavy (non-hydrogen) atoms. The number of rotatable bonds is 3. The van der Waals surface area contributed by atoms with Crippen LogP contribution in [0.2, 0.25) is 10.0 Å². The van der Waals surface area contributed by atoms with Crippen molar-refractivity contribution in [1.29, 1.82) is 0 Å². The van der Waals surface area contributed by atoms with E-state index in [1.165, 1.54) is 18.5 Å². The van der Waals surface area contributed by atoms with Crippen molar-refractivity contribution in [2.75, 3.05) is 0 Å². The smallest absolute Gasteiger partial charge is 0.168 e. The number of aliphatic imine (C=N–C) groups is 1. The first-order valence-corrected chi connectivity index (χ1v) is 9.73. The van der Waals surface area contributed by atoms with Gasteiger partial charge in [0.1, 0.15) is 22.8 Å². The minimum Gasteiger partial charge on any atom is -0.368 e. The number of nitrogens with zero attached hydrogens (tertiary/aromatic N) is 2. The molecule has 2 aliphatic rings. The predicted octanol–water partition coefficient (Wildman–Crippen LogP) is 4.84. The van der Waals surface area contributed by atoms with Crippen LogP contribution in [0.15, 0.2) is 70.2 Å². The van der Waals surface area contributed by atoms with Crippen LogP contribution in [-0.2, 0) is 4.87 Å². The molecule has 0 aromatic heterocycles. The number of halogens is 4. The summed E-state index contributed by atoms with van der Waals surface area (Å²) in [4.78, 5) is 3.03. The average Bonchev–Trinajstić information content (AvgIpc) is 2.64. The molecule has 2 unspecified atom stereocenters. The lowest BCUT2D eigenvalue weighted by Gasteiger charge is -2.42. The fourth-order valence-corrected chi connectivity index (χ4v) is 5.01. The third-order valence-electron chi connectivity index (χ3n) is 4.21. The lowest BCUT2D eigenvalue weighted by atomic mass is 10.0. The van der Waals surface area contributed by atoms with Crippen LogP contribution in [0.4, 0.5) is 8.78 Å². The van der Waals surface area contributed by atoms with E-state index in [0.29, 0.717) is 21.3 Å². The summed E-state index contributed by atoms with van der Waals surface area (Å²) < 4.78 is 27.8. The van der Waals surface area contributed by atoms with E-state index in [0.717, 1.165) is 17.8 Å². The molecular weight excluding hydrogens is 427 g/mol. The number of aliphatic hydroxyl groups excluding tert-OH is 1. The number of fused-ring (bicyclic) bond motifs is 1. The summed E-state index contributed by atoms with van der Waals surface area (Å²) in [6, 6.07) is 8.44. The third-order valence-corrected chi connectivity index (χ3v) is 6.14. The Hall–Kier alpha value is -1.90. The number of benzene rings is 2. The Morgan fingerprint density at radius 1 is 1.18 bits per heavy atom. The first kappa shape index (κ1) is 19.4. The van der Waals surface area contributed by atoms with Gasteiger partial charge in [-0.3, -0.25) is 5.01 Å². The Bertz CT molecular complexity index is 1010. The maximum atomic E-state index is 14.4. The number of allylic oxidation sites excluding steroid dienone is 1. The average molecular weight is 440 g/mol. The van der Waals surface area contributed by atoms with Crippen molar-refractivity contribution in [2.45, 2.75) is 16.0 Å². The van der Waals surface area contributed by atoms with Crippen LogP contribution < -0.4 is 5.43 Å². The molecule has 9 heteroatoms. The summed E-state index contributed by atoms with van der Waals surface area (Å²) in [5.74, 6) is -1.37. The van der Waals surface area contributed by atoms with Gasteiger partial charge in [-0.1, -0.05) is 41.0 Å². The van der Waals surface area contributed by atoms with Gasteiger partial charge in [-0.2, -0.15) is 0 Å². The Labute approximate surface area is 174 Å². The molecule has 2 aliphatic heterocycles. The van der Waals surface area contributed by atoms with Gasteiger partial charge >= 0.3 is 0 Å². The molecule has 0 fully saturated rings. The van der Waals surface area contributed by atoms with Crippen LogP contribution in [-0.4, -0.2) is 22.7 Å². The van der Waals surface area contributed by atoms with Crippen molar-refractivity contribution in [3.8, 4) is 0 Å². The fraction of sp³-hybridized carbons (Fsp3) is 0.105. The lowest BCUT2D eigenvalue weighted by Crippen LogP contribution is -2.52. The molecule has 2 atom stereocenters. The zero-order valence-corrected chi connectivity index (χ0v) is 16.4. The molecule has 2 heterocycles. The molecule has 2 aromatic carbocycles. The van der Waals surface area contributed by atoms with Crippen LogP contribution in [0.5, 0.6) is 0 Å². The highest BCUT2D eigenvalue weighted by molar-refractivity contribution is 8.00. The summed E-state index contributed by atoms with van der Waals surface area (Å²) in [5, 5.41) is 12.0. The highest BCUT2D eigenvalue weighted by atomic mass is 35.5. The quantitative estimate of drug-likeness (QED) is 0.718. The Morgan fingerprint density at radius 2 is 1.93 bits per heavy atom. The second kappa shape index (κ2) is 7.50. The van der Waals surface area contributed by atoms with E-state index in [-0.39, 0.29) is 4.90 Å². The second-order valence-corrected chi connectivity index (χ2v) is 8.20. The second-order valence-electron chi connectivity index (χ2n) is 6.09. The van der Waals surface area contributed by atoms with Crippen LogP contribution in [0.3, 0.4) is 0 Å². The molecule has 2 N–H and O–H groups in total. The molecule has 4 rings (SSSR count). The number of aliphatic hydroxyl groups is 1. The van der Waals surface area contributed by atoms with Crippen molar-refractivity contribution in [3.63, 3.8) is 0 Å². The third kappa shape index (κ3) is 3.56. The Kier molecular flexibility index (Phi) is 5.20. The van der Waals surface area contributed by atoms with Crippen molar-refractivity contribution in [3.05, 3.63) is 87.6 Å². The van der Waals surface area contributed by atoms with E-state index in [2.05, 4.69) is 10.4 Å². The largest absolute Gasteiger partial charge is 0.368 e. The van der Waals surface area contributed by atoms with Crippen molar-refractivity contribution < 1.29 is 13.9 Å². The molecule has 0 saturated carbocycles. The predicted molar refractivity (Wildman–Crippen MR) is 107 cm³/mol. The van der Waals surface area contributed by atoms with Crippen LogP contribution >= 0.6 is 35.0 Å². The number of hydrogen-bond donors (Lipinski definition) is 2. The van der Waals surface area contributed by atoms with Crippen molar-refractivity contribution in [2.24, 2.45) is 4.99 Å². The van der Waals surface area contributed by atoms with Gasteiger partial charge < -0.3 is 5.11 Å². The minimum atomic E-state index is -1.11. The van der Waals surface area contributed by atoms with Crippen LogP contribution in [0, 0.1) is 11.6 Å². The van der Waals surface area contributed by atoms with Gasteiger partial charge in [0.2, 0.25) is 0 Å². The highest BCUT2D eigenvalue weighted by Crippen LogP contribution is 2.48. The van der Waals surface area contributed by atoms with Gasteiger partial charge in [-0.15, -0.1) is 0 Å². The number of nitrogens with one attached hydrogen (secondary N) is 1. The molecular formula is C19H13Cl2F2N3OS. The van der Waals surface area contributed by atoms with Crippen molar-refractivity contribution in [1.82, 2.24) is 10.4 Å². The van der Waals surface area contributed by atoms with Gasteiger partial charge in [-0.05, 0) is 42.5 Å². The molecule has 0 radical (unpaired) electrons. The SMILES string of the molecule is OC1C=C2C=CC(Sc3ccc(F)cc3F)(c3c(Cl)cccc3Cl)NN2C=N1. The molecule has 0 spiro atoms. The maximum absolute atomic E-state index is 14.4. The van der Waals surface area contributed by atoms with Gasteiger partial charge in [0.25, 0.3) is 0 Å². The molecule has 0 bridgehead atoms. The standard InChI is InChI=1S/C19H13Cl2F2N3OS/c20-13-2-1-3-14(21)18(13)19(28-16-5-4-11(22)8-15(16)23)7-6-12-9-17(27)24-10-26(12)25-19/h1-10,17,25,27H. The number of thioether (sulfide) groups is 1. The Balaban J connectivity index is 1.86. The molecule has 0 amide bonds. The maximum Gasteiger partial charge on any atom is 0.168 e. The van der Waals surface area contributed by atoms with E-state index < -0.39 is 22.7 Å². The number of hydrazine groups is 1. The summed E-state index contributed by atoms with van der Waals surface area (Å²) in [6.07, 6.45) is 5.53. The monoisotopic (exact) mass is 439 g/mol. The van der Waals surface area contributed by atoms with E-state index in [1.54, 1.807) is 41.4 Å². The van der Waals surface area contributed by atoms with Gasteiger partial charge in [0, 0.05) is 26.6 Å². The molecule has 144 valence electrons. The zero-order chi connectivity index (χ0) is 19.9. The summed E-state index contributed by atoms with van der Waals surface area (Å²) in [7, 11) is 0. The van der Waals surface area contributed by atoms with E-state index in [1.807, 2.05) is 0 Å². The minimum absolute atomic E-state index is 0.205.